The van der Waals surface area contributed by atoms with Crippen LogP contribution in [0.1, 0.15) is 65.0 Å². The van der Waals surface area contributed by atoms with Crippen LogP contribution >= 0.6 is 29.7 Å². The van der Waals surface area contributed by atoms with Crippen molar-refractivity contribution < 1.29 is 27.1 Å². The summed E-state index contributed by atoms with van der Waals surface area (Å²) in [5.41, 5.74) is 2.10. The van der Waals surface area contributed by atoms with Crippen LogP contribution < -0.4 is 4.52 Å². The molecule has 0 saturated carbocycles. The van der Waals surface area contributed by atoms with Gasteiger partial charge in [0.2, 0.25) is 0 Å². The van der Waals surface area contributed by atoms with Gasteiger partial charge in [-0.25, -0.2) is 9.24 Å². The monoisotopic (exact) mass is 581 g/mol. The third-order valence-electron chi connectivity index (χ3n) is 6.37. The second-order valence-corrected chi connectivity index (χ2v) is 14.3. The molecule has 0 heterocycles. The molecule has 4 rings (SSSR count). The lowest BCUT2D eigenvalue weighted by Gasteiger charge is -2.26. The van der Waals surface area contributed by atoms with E-state index in [9.17, 15) is 22.5 Å². The fourth-order valence-electron chi connectivity index (χ4n) is 4.36. The van der Waals surface area contributed by atoms with Crippen molar-refractivity contribution in [1.82, 2.24) is 4.67 Å². The molecule has 0 saturated heterocycles. The molecule has 0 fully saturated rings. The highest BCUT2D eigenvalue weighted by atomic mass is 35.5. The minimum absolute atomic E-state index is 0.160. The van der Waals surface area contributed by atoms with E-state index in [-0.39, 0.29) is 16.9 Å². The highest BCUT2D eigenvalue weighted by Crippen LogP contribution is 2.65. The van der Waals surface area contributed by atoms with Crippen molar-refractivity contribution in [3.05, 3.63) is 82.9 Å². The van der Waals surface area contributed by atoms with Crippen molar-refractivity contribution in [2.24, 2.45) is 0 Å². The van der Waals surface area contributed by atoms with Gasteiger partial charge in [0.1, 0.15) is 5.75 Å². The zero-order valence-electron chi connectivity index (χ0n) is 21.2. The lowest BCUT2D eigenvalue weighted by molar-refractivity contribution is -0.137. The number of benzene rings is 3. The Bertz CT molecular complexity index is 1380. The van der Waals surface area contributed by atoms with E-state index in [1.165, 1.54) is 16.8 Å². The third kappa shape index (κ3) is 5.84. The average molecular weight is 582 g/mol. The number of hydrogen-bond donors (Lipinski definition) is 0. The van der Waals surface area contributed by atoms with Gasteiger partial charge in [-0.15, -0.1) is 11.6 Å². The normalized spacial score (nSPS) is 15.2. The molecule has 1 aliphatic carbocycles. The Morgan fingerprint density at radius 3 is 2.24 bits per heavy atom. The number of unbranched alkanes of at least 4 members (excludes halogenated alkanes) is 2. The Kier molecular flexibility index (Phi) is 8.68. The molecule has 3 aromatic rings. The Morgan fingerprint density at radius 1 is 0.974 bits per heavy atom. The summed E-state index contributed by atoms with van der Waals surface area (Å²) in [7, 11) is 3.15. The quantitative estimate of drug-likeness (QED) is 0.106. The number of rotatable bonds is 10. The first-order chi connectivity index (χ1) is 18.0. The fourth-order valence-corrected chi connectivity index (χ4v) is 7.99. The van der Waals surface area contributed by atoms with Crippen LogP contribution in [0.2, 0.25) is 0 Å². The van der Waals surface area contributed by atoms with Crippen LogP contribution in [0, 0.1) is 0 Å². The molecule has 0 bridgehead atoms. The van der Waals surface area contributed by atoms with Gasteiger partial charge >= 0.3 is 12.9 Å². The highest BCUT2D eigenvalue weighted by Gasteiger charge is 2.37. The predicted molar refractivity (Wildman–Crippen MR) is 147 cm³/mol. The van der Waals surface area contributed by atoms with E-state index in [0.29, 0.717) is 39.1 Å². The molecule has 0 spiro atoms. The van der Waals surface area contributed by atoms with Gasteiger partial charge in [0.05, 0.1) is 10.9 Å². The van der Waals surface area contributed by atoms with Gasteiger partial charge < -0.3 is 4.52 Å². The van der Waals surface area contributed by atoms with Gasteiger partial charge in [0, 0.05) is 21.6 Å². The van der Waals surface area contributed by atoms with Crippen LogP contribution in [0.4, 0.5) is 13.2 Å². The Morgan fingerprint density at radius 2 is 1.63 bits per heavy atom. The Hall–Kier alpha value is -2.25. The van der Waals surface area contributed by atoms with E-state index in [0.717, 1.165) is 42.8 Å². The predicted octanol–water partition coefficient (Wildman–Crippen LogP) is 9.62. The molecule has 2 unspecified atom stereocenters. The summed E-state index contributed by atoms with van der Waals surface area (Å²) in [6.45, 7) is -1.58. The highest BCUT2D eigenvalue weighted by molar-refractivity contribution is 8.56. The molecule has 38 heavy (non-hydrogen) atoms. The summed E-state index contributed by atoms with van der Waals surface area (Å²) in [6, 6.07) is 15.0. The molecular weight excluding hydrogens is 554 g/mol. The Balaban J connectivity index is 1.74. The van der Waals surface area contributed by atoms with E-state index in [1.54, 1.807) is 38.4 Å². The third-order valence-corrected chi connectivity index (χ3v) is 11.5. The maximum absolute atomic E-state index is 14.1. The summed E-state index contributed by atoms with van der Waals surface area (Å²) in [5, 5.41) is -0.371. The molecule has 1 aliphatic rings. The Labute approximate surface area is 229 Å². The van der Waals surface area contributed by atoms with E-state index in [2.05, 4.69) is 6.92 Å². The molecule has 10 heteroatoms. The van der Waals surface area contributed by atoms with Crippen molar-refractivity contribution in [3.8, 4) is 16.9 Å². The number of halogens is 4. The van der Waals surface area contributed by atoms with Crippen LogP contribution in [-0.4, -0.2) is 24.5 Å². The number of fused-ring (bicyclic) bond motifs is 3. The topological polar surface area (TPSA) is 46.6 Å². The SMILES string of the molecule is CCCCCC(Cl)c1ccc(OP(=O)(Sc2ccc(C(F)(F)F)cc2)N(C)C)c2c1C(=O)c1ccccc1-2. The van der Waals surface area contributed by atoms with Crippen LogP contribution in [0.15, 0.2) is 65.6 Å². The molecular formula is C28H28ClF3NO3PS. The number of ketones is 1. The summed E-state index contributed by atoms with van der Waals surface area (Å²) in [6.07, 6.45) is -0.739. The van der Waals surface area contributed by atoms with Gasteiger partial charge in [-0.1, -0.05) is 56.5 Å². The van der Waals surface area contributed by atoms with Crippen LogP contribution in [0.5, 0.6) is 5.75 Å². The maximum atomic E-state index is 14.1. The van der Waals surface area contributed by atoms with Crippen molar-refractivity contribution >= 4 is 35.5 Å². The minimum atomic E-state index is -4.47. The minimum Gasteiger partial charge on any atom is -0.425 e. The van der Waals surface area contributed by atoms with Gasteiger partial charge in [0.15, 0.2) is 5.78 Å². The summed E-state index contributed by atoms with van der Waals surface area (Å²) < 4.78 is 60.6. The van der Waals surface area contributed by atoms with Gasteiger partial charge in [-0.3, -0.25) is 4.79 Å². The van der Waals surface area contributed by atoms with Crippen molar-refractivity contribution in [2.45, 2.75) is 49.1 Å². The van der Waals surface area contributed by atoms with E-state index in [1.807, 2.05) is 12.1 Å². The molecule has 0 amide bonds. The van der Waals surface area contributed by atoms with Crippen LogP contribution in [0.3, 0.4) is 0 Å². The zero-order valence-corrected chi connectivity index (χ0v) is 23.7. The number of carbonyl (C=O) groups is 1. The molecule has 0 aromatic heterocycles. The summed E-state index contributed by atoms with van der Waals surface area (Å²) in [5.74, 6) is 0.100. The molecule has 0 radical (unpaired) electrons. The number of hydrogen-bond acceptors (Lipinski definition) is 4. The fraction of sp³-hybridized carbons (Fsp3) is 0.321. The number of nitrogens with zero attached hydrogens (tertiary/aromatic N) is 1. The van der Waals surface area contributed by atoms with E-state index < -0.39 is 18.5 Å². The van der Waals surface area contributed by atoms with Crippen molar-refractivity contribution in [2.75, 3.05) is 14.1 Å². The summed E-state index contributed by atoms with van der Waals surface area (Å²) in [4.78, 5) is 13.9. The smallest absolute Gasteiger partial charge is 0.416 e. The maximum Gasteiger partial charge on any atom is 0.416 e. The average Bonchev–Trinajstić information content (AvgIpc) is 3.17. The lowest BCUT2D eigenvalue weighted by Crippen LogP contribution is -2.11. The van der Waals surface area contributed by atoms with Crippen molar-refractivity contribution in [3.63, 3.8) is 0 Å². The second-order valence-electron chi connectivity index (χ2n) is 9.26. The standard InChI is InChI=1S/C28H28ClF3NO3PS/c1-4-5-6-11-23(29)22-16-17-24(25-20-9-7-8-10-21(20)27(34)26(22)25)36-37(35,33(2)3)38-19-14-12-18(13-15-19)28(30,31)32/h7-10,12-17,23H,4-6,11H2,1-3H3. The van der Waals surface area contributed by atoms with Gasteiger partial charge in [0.25, 0.3) is 0 Å². The van der Waals surface area contributed by atoms with E-state index >= 15 is 0 Å². The van der Waals surface area contributed by atoms with Gasteiger partial charge in [-0.2, -0.15) is 13.2 Å². The van der Waals surface area contributed by atoms with E-state index in [4.69, 9.17) is 16.1 Å². The van der Waals surface area contributed by atoms with Gasteiger partial charge in [-0.05, 0) is 73.4 Å². The molecule has 202 valence electrons. The number of carbonyl (C=O) groups excluding carboxylic acids is 1. The molecule has 4 nitrogen and oxygen atoms in total. The summed E-state index contributed by atoms with van der Waals surface area (Å²) >= 11 is 7.63. The second kappa shape index (κ2) is 11.5. The first kappa shape index (κ1) is 28.8. The van der Waals surface area contributed by atoms with Crippen molar-refractivity contribution in [1.29, 1.82) is 0 Å². The lowest BCUT2D eigenvalue weighted by atomic mass is 9.95. The molecule has 0 N–H and O–H groups in total. The zero-order chi connectivity index (χ0) is 27.7. The first-order valence-corrected chi connectivity index (χ1v) is 15.7. The number of alkyl halides is 4. The molecule has 0 aliphatic heterocycles. The molecule has 3 aromatic carbocycles. The molecule has 2 atom stereocenters. The first-order valence-electron chi connectivity index (χ1n) is 12.3. The largest absolute Gasteiger partial charge is 0.425 e. The van der Waals surface area contributed by atoms with Crippen LogP contribution in [0.25, 0.3) is 11.1 Å². The van der Waals surface area contributed by atoms with Crippen LogP contribution in [-0.2, 0) is 10.7 Å².